The molecule has 0 aliphatic heterocycles. The molecule has 0 aliphatic rings. The summed E-state index contributed by atoms with van der Waals surface area (Å²) in [5.74, 6) is 0.322. The lowest BCUT2D eigenvalue weighted by Gasteiger charge is -2.11. The number of amides is 2. The van der Waals surface area contributed by atoms with Crippen LogP contribution in [0.5, 0.6) is 5.75 Å². The van der Waals surface area contributed by atoms with E-state index < -0.39 is 0 Å². The minimum Gasteiger partial charge on any atom is -0.484 e. The predicted octanol–water partition coefficient (Wildman–Crippen LogP) is 3.53. The maximum absolute atomic E-state index is 12.0. The second-order valence-electron chi connectivity index (χ2n) is 5.55. The van der Waals surface area contributed by atoms with Crippen molar-refractivity contribution in [2.24, 2.45) is 0 Å². The van der Waals surface area contributed by atoms with Gasteiger partial charge in [-0.1, -0.05) is 19.1 Å². The van der Waals surface area contributed by atoms with Gasteiger partial charge in [0.15, 0.2) is 6.61 Å². The summed E-state index contributed by atoms with van der Waals surface area (Å²) in [6.07, 6.45) is 0.920. The van der Waals surface area contributed by atoms with E-state index in [-0.39, 0.29) is 18.4 Å². The number of anilines is 2. The van der Waals surface area contributed by atoms with Crippen molar-refractivity contribution in [2.75, 3.05) is 17.2 Å². The molecular weight excluding hydrogens is 304 g/mol. The molecule has 2 aromatic rings. The first-order chi connectivity index (χ1) is 11.5. The highest BCUT2D eigenvalue weighted by molar-refractivity contribution is 5.93. The number of nitrogens with one attached hydrogen (secondary N) is 2. The molecule has 0 radical (unpaired) electrons. The average molecular weight is 326 g/mol. The number of hydrogen-bond acceptors (Lipinski definition) is 3. The van der Waals surface area contributed by atoms with Crippen LogP contribution in [-0.2, 0) is 16.0 Å². The minimum atomic E-state index is -0.233. The van der Waals surface area contributed by atoms with Crippen molar-refractivity contribution in [2.45, 2.75) is 27.2 Å². The molecular formula is C19H22N2O3. The van der Waals surface area contributed by atoms with Crippen molar-refractivity contribution >= 4 is 23.2 Å². The molecule has 0 aliphatic carbocycles. The van der Waals surface area contributed by atoms with E-state index in [9.17, 15) is 9.59 Å². The smallest absolute Gasteiger partial charge is 0.262 e. The molecule has 0 aromatic heterocycles. The van der Waals surface area contributed by atoms with Gasteiger partial charge in [0.2, 0.25) is 5.91 Å². The monoisotopic (exact) mass is 326 g/mol. The number of carbonyl (C=O) groups excluding carboxylic acids is 2. The number of rotatable bonds is 6. The molecule has 0 fully saturated rings. The highest BCUT2D eigenvalue weighted by Crippen LogP contribution is 2.20. The summed E-state index contributed by atoms with van der Waals surface area (Å²) >= 11 is 0. The van der Waals surface area contributed by atoms with E-state index in [0.717, 1.165) is 23.2 Å². The third kappa shape index (κ3) is 5.12. The maximum atomic E-state index is 12.0. The molecule has 0 bridgehead atoms. The Morgan fingerprint density at radius 2 is 1.88 bits per heavy atom. The summed E-state index contributed by atoms with van der Waals surface area (Å²) in [7, 11) is 0. The van der Waals surface area contributed by atoms with Gasteiger partial charge in [0.1, 0.15) is 5.75 Å². The molecule has 2 N–H and O–H groups in total. The van der Waals surface area contributed by atoms with Gasteiger partial charge in [-0.05, 0) is 54.8 Å². The molecule has 5 heteroatoms. The van der Waals surface area contributed by atoms with Crippen molar-refractivity contribution in [3.05, 3.63) is 53.6 Å². The third-order valence-corrected chi connectivity index (χ3v) is 3.50. The Hall–Kier alpha value is -2.82. The lowest BCUT2D eigenvalue weighted by molar-refractivity contribution is -0.118. The fourth-order valence-corrected chi connectivity index (χ4v) is 2.27. The van der Waals surface area contributed by atoms with Crippen LogP contribution in [0.25, 0.3) is 0 Å². The Labute approximate surface area is 142 Å². The zero-order chi connectivity index (χ0) is 17.5. The summed E-state index contributed by atoms with van der Waals surface area (Å²) in [5.41, 5.74) is 3.43. The Kier molecular flexibility index (Phi) is 5.95. The first-order valence-electron chi connectivity index (χ1n) is 7.87. The van der Waals surface area contributed by atoms with Crippen LogP contribution in [0, 0.1) is 6.92 Å². The quantitative estimate of drug-likeness (QED) is 0.853. The molecule has 0 atom stereocenters. The number of ether oxygens (including phenoxy) is 1. The lowest BCUT2D eigenvalue weighted by atomic mass is 10.1. The molecule has 0 saturated carbocycles. The predicted molar refractivity (Wildman–Crippen MR) is 95.4 cm³/mol. The van der Waals surface area contributed by atoms with E-state index >= 15 is 0 Å². The van der Waals surface area contributed by atoms with E-state index in [1.807, 2.05) is 31.2 Å². The molecule has 24 heavy (non-hydrogen) atoms. The van der Waals surface area contributed by atoms with Crippen LogP contribution < -0.4 is 15.4 Å². The summed E-state index contributed by atoms with van der Waals surface area (Å²) in [6, 6.07) is 13.0. The van der Waals surface area contributed by atoms with Crippen LogP contribution in [0.15, 0.2) is 42.5 Å². The van der Waals surface area contributed by atoms with Crippen molar-refractivity contribution in [1.29, 1.82) is 0 Å². The lowest BCUT2D eigenvalue weighted by Crippen LogP contribution is -2.20. The Morgan fingerprint density at radius 1 is 1.08 bits per heavy atom. The molecule has 126 valence electrons. The summed E-state index contributed by atoms with van der Waals surface area (Å²) in [4.78, 5) is 23.1. The summed E-state index contributed by atoms with van der Waals surface area (Å²) in [5, 5.41) is 5.52. The first-order valence-corrected chi connectivity index (χ1v) is 7.87. The third-order valence-electron chi connectivity index (χ3n) is 3.50. The topological polar surface area (TPSA) is 67.4 Å². The molecule has 0 heterocycles. The number of benzene rings is 2. The van der Waals surface area contributed by atoms with Crippen molar-refractivity contribution in [1.82, 2.24) is 0 Å². The maximum Gasteiger partial charge on any atom is 0.262 e. The molecule has 2 rings (SSSR count). The van der Waals surface area contributed by atoms with Crippen LogP contribution in [0.2, 0.25) is 0 Å². The SMILES string of the molecule is CCc1cccc(OCC(=O)Nc2ccc(NC(C)=O)c(C)c2)c1. The van der Waals surface area contributed by atoms with Crippen LogP contribution in [0.4, 0.5) is 11.4 Å². The molecule has 2 aromatic carbocycles. The van der Waals surface area contributed by atoms with Gasteiger partial charge in [-0.2, -0.15) is 0 Å². The largest absolute Gasteiger partial charge is 0.484 e. The van der Waals surface area contributed by atoms with E-state index in [2.05, 4.69) is 17.6 Å². The van der Waals surface area contributed by atoms with E-state index in [4.69, 9.17) is 4.74 Å². The molecule has 5 nitrogen and oxygen atoms in total. The van der Waals surface area contributed by atoms with Crippen LogP contribution in [-0.4, -0.2) is 18.4 Å². The summed E-state index contributed by atoms with van der Waals surface area (Å²) in [6.45, 7) is 5.34. The second kappa shape index (κ2) is 8.15. The van der Waals surface area contributed by atoms with Crippen molar-refractivity contribution in [3.8, 4) is 5.75 Å². The van der Waals surface area contributed by atoms with Crippen LogP contribution >= 0.6 is 0 Å². The van der Waals surface area contributed by atoms with Crippen LogP contribution in [0.3, 0.4) is 0 Å². The van der Waals surface area contributed by atoms with Crippen molar-refractivity contribution < 1.29 is 14.3 Å². The Morgan fingerprint density at radius 3 is 2.54 bits per heavy atom. The Bertz CT molecular complexity index is 741. The number of hydrogen-bond donors (Lipinski definition) is 2. The molecule has 0 saturated heterocycles. The highest BCUT2D eigenvalue weighted by atomic mass is 16.5. The van der Waals surface area contributed by atoms with Gasteiger partial charge in [-0.25, -0.2) is 0 Å². The Balaban J connectivity index is 1.92. The molecule has 0 spiro atoms. The van der Waals surface area contributed by atoms with Gasteiger partial charge in [-0.3, -0.25) is 9.59 Å². The first kappa shape index (κ1) is 17.5. The zero-order valence-corrected chi connectivity index (χ0v) is 14.2. The number of aryl methyl sites for hydroxylation is 2. The summed E-state index contributed by atoms with van der Waals surface area (Å²) < 4.78 is 5.52. The fourth-order valence-electron chi connectivity index (χ4n) is 2.27. The normalized spacial score (nSPS) is 10.1. The highest BCUT2D eigenvalue weighted by Gasteiger charge is 2.06. The molecule has 2 amide bonds. The standard InChI is InChI=1S/C19H22N2O3/c1-4-15-6-5-7-17(11-15)24-12-19(23)21-16-8-9-18(13(2)10-16)20-14(3)22/h5-11H,4,12H2,1-3H3,(H,20,22)(H,21,23). The van der Waals surface area contributed by atoms with Gasteiger partial charge in [0.05, 0.1) is 0 Å². The zero-order valence-electron chi connectivity index (χ0n) is 14.2. The number of carbonyl (C=O) groups is 2. The van der Waals surface area contributed by atoms with Gasteiger partial charge < -0.3 is 15.4 Å². The van der Waals surface area contributed by atoms with E-state index in [0.29, 0.717) is 11.4 Å². The van der Waals surface area contributed by atoms with E-state index in [1.165, 1.54) is 6.92 Å². The van der Waals surface area contributed by atoms with Gasteiger partial charge in [0, 0.05) is 18.3 Å². The van der Waals surface area contributed by atoms with Gasteiger partial charge in [0.25, 0.3) is 5.91 Å². The van der Waals surface area contributed by atoms with Crippen molar-refractivity contribution in [3.63, 3.8) is 0 Å². The second-order valence-corrected chi connectivity index (χ2v) is 5.55. The van der Waals surface area contributed by atoms with Crippen LogP contribution in [0.1, 0.15) is 25.0 Å². The minimum absolute atomic E-state index is 0.0559. The fraction of sp³-hybridized carbons (Fsp3) is 0.263. The van der Waals surface area contributed by atoms with E-state index in [1.54, 1.807) is 18.2 Å². The van der Waals surface area contributed by atoms with Gasteiger partial charge >= 0.3 is 0 Å². The average Bonchev–Trinajstić information content (AvgIpc) is 2.55. The molecule has 0 unspecified atom stereocenters. The van der Waals surface area contributed by atoms with Gasteiger partial charge in [-0.15, -0.1) is 0 Å².